The van der Waals surface area contributed by atoms with E-state index in [9.17, 15) is 21.6 Å². The lowest BCUT2D eigenvalue weighted by atomic mass is 9.93. The Morgan fingerprint density at radius 2 is 1.83 bits per heavy atom. The minimum absolute atomic E-state index is 0.183. The molecular weight excluding hydrogens is 411 g/mol. The molecule has 0 spiro atoms. The number of para-hydroxylation sites is 2. The van der Waals surface area contributed by atoms with Gasteiger partial charge in [0.15, 0.2) is 6.10 Å². The maximum Gasteiger partial charge on any atom is 0.425 e. The number of nitrogens with zero attached hydrogens (tertiary/aromatic N) is 2. The molecule has 7 nitrogen and oxygen atoms in total. The Bertz CT molecular complexity index is 947. The number of hydrogen-bond acceptors (Lipinski definition) is 6. The van der Waals surface area contributed by atoms with Gasteiger partial charge in [0, 0.05) is 19.1 Å². The third-order valence-electron chi connectivity index (χ3n) is 4.52. The lowest BCUT2D eigenvalue weighted by Crippen LogP contribution is -2.43. The van der Waals surface area contributed by atoms with Crippen LogP contribution in [0.2, 0.25) is 0 Å². The number of benzene rings is 1. The summed E-state index contributed by atoms with van der Waals surface area (Å²) in [5, 5.41) is 0. The third kappa shape index (κ3) is 5.47. The van der Waals surface area contributed by atoms with Crippen molar-refractivity contribution in [3.8, 4) is 5.88 Å². The number of ether oxygens (including phenoxy) is 2. The average molecular weight is 433 g/mol. The van der Waals surface area contributed by atoms with E-state index in [1.807, 2.05) is 0 Å². The van der Waals surface area contributed by atoms with E-state index in [4.69, 9.17) is 9.47 Å². The lowest BCUT2D eigenvalue weighted by molar-refractivity contribution is -0.216. The van der Waals surface area contributed by atoms with Crippen LogP contribution < -0.4 is 9.46 Å². The molecule has 1 saturated heterocycles. The van der Waals surface area contributed by atoms with E-state index in [1.54, 1.807) is 31.2 Å². The minimum Gasteiger partial charge on any atom is -0.462 e. The zero-order valence-electron chi connectivity index (χ0n) is 15.8. The zero-order valence-corrected chi connectivity index (χ0v) is 16.6. The van der Waals surface area contributed by atoms with Gasteiger partial charge in [-0.15, -0.1) is 0 Å². The van der Waals surface area contributed by atoms with Crippen molar-refractivity contribution in [3.63, 3.8) is 0 Å². The SMILES string of the molecule is CCCS(=O)(=O)Nc1nc2ccccc2nc1OC(C1CCOCC1)C(F)(F)F. The van der Waals surface area contributed by atoms with Crippen molar-refractivity contribution in [2.24, 2.45) is 5.92 Å². The number of anilines is 1. The predicted molar refractivity (Wildman–Crippen MR) is 101 cm³/mol. The summed E-state index contributed by atoms with van der Waals surface area (Å²) in [5.41, 5.74) is 0.637. The van der Waals surface area contributed by atoms with Gasteiger partial charge >= 0.3 is 6.18 Å². The van der Waals surface area contributed by atoms with Crippen molar-refractivity contribution in [2.45, 2.75) is 38.5 Å². The quantitative estimate of drug-likeness (QED) is 0.719. The zero-order chi connectivity index (χ0) is 21.1. The second kappa shape index (κ2) is 8.70. The Kier molecular flexibility index (Phi) is 6.47. The number of hydrogen-bond donors (Lipinski definition) is 1. The minimum atomic E-state index is -4.66. The van der Waals surface area contributed by atoms with Crippen LogP contribution in [0.1, 0.15) is 26.2 Å². The summed E-state index contributed by atoms with van der Waals surface area (Å²) in [6.45, 7) is 2.09. The van der Waals surface area contributed by atoms with Crippen LogP contribution in [0.25, 0.3) is 11.0 Å². The van der Waals surface area contributed by atoms with Gasteiger partial charge in [0.05, 0.1) is 16.8 Å². The molecule has 2 heterocycles. The first kappa shape index (κ1) is 21.6. The van der Waals surface area contributed by atoms with Gasteiger partial charge in [0.25, 0.3) is 5.88 Å². The van der Waals surface area contributed by atoms with Gasteiger partial charge in [-0.25, -0.2) is 18.4 Å². The van der Waals surface area contributed by atoms with E-state index in [0.717, 1.165) is 0 Å². The van der Waals surface area contributed by atoms with E-state index >= 15 is 0 Å². The molecule has 2 aromatic rings. The van der Waals surface area contributed by atoms with Crippen molar-refractivity contribution in [3.05, 3.63) is 24.3 Å². The first-order chi connectivity index (χ1) is 13.7. The topological polar surface area (TPSA) is 90.4 Å². The van der Waals surface area contributed by atoms with Gasteiger partial charge in [-0.05, 0) is 31.4 Å². The van der Waals surface area contributed by atoms with Crippen LogP contribution in [0.5, 0.6) is 5.88 Å². The summed E-state index contributed by atoms with van der Waals surface area (Å²) >= 11 is 0. The van der Waals surface area contributed by atoms with Gasteiger partial charge in [-0.2, -0.15) is 13.2 Å². The Morgan fingerprint density at radius 1 is 1.21 bits per heavy atom. The number of halogens is 3. The Labute approximate surface area is 166 Å². The van der Waals surface area contributed by atoms with Crippen LogP contribution in [0.15, 0.2) is 24.3 Å². The van der Waals surface area contributed by atoms with E-state index in [1.165, 1.54) is 0 Å². The second-order valence-corrected chi connectivity index (χ2v) is 8.66. The highest BCUT2D eigenvalue weighted by Crippen LogP contribution is 2.36. The fraction of sp³-hybridized carbons (Fsp3) is 0.556. The largest absolute Gasteiger partial charge is 0.462 e. The molecule has 1 aliphatic rings. The fourth-order valence-electron chi connectivity index (χ4n) is 3.17. The van der Waals surface area contributed by atoms with Crippen molar-refractivity contribution in [1.82, 2.24) is 9.97 Å². The Balaban J connectivity index is 2.01. The summed E-state index contributed by atoms with van der Waals surface area (Å²) in [4.78, 5) is 8.28. The highest BCUT2D eigenvalue weighted by atomic mass is 32.2. The second-order valence-electron chi connectivity index (χ2n) is 6.82. The molecule has 11 heteroatoms. The van der Waals surface area contributed by atoms with Gasteiger partial charge in [-0.1, -0.05) is 19.1 Å². The Hall–Kier alpha value is -2.14. The molecule has 1 unspecified atom stereocenters. The summed E-state index contributed by atoms with van der Waals surface area (Å²) < 4.78 is 78.3. The normalized spacial score (nSPS) is 17.2. The fourth-order valence-corrected chi connectivity index (χ4v) is 4.24. The Morgan fingerprint density at radius 3 is 2.41 bits per heavy atom. The highest BCUT2D eigenvalue weighted by molar-refractivity contribution is 7.92. The van der Waals surface area contributed by atoms with Crippen LogP contribution in [0.3, 0.4) is 0 Å². The molecule has 1 aromatic carbocycles. The molecular formula is C18H22F3N3O4S. The maximum atomic E-state index is 13.7. The maximum absolute atomic E-state index is 13.7. The number of rotatable bonds is 7. The molecule has 0 saturated carbocycles. The molecule has 0 bridgehead atoms. The summed E-state index contributed by atoms with van der Waals surface area (Å²) in [7, 11) is -3.81. The average Bonchev–Trinajstić information content (AvgIpc) is 2.65. The van der Waals surface area contributed by atoms with Crippen molar-refractivity contribution >= 4 is 26.9 Å². The smallest absolute Gasteiger partial charge is 0.425 e. The third-order valence-corrected chi connectivity index (χ3v) is 5.97. The number of fused-ring (bicyclic) bond motifs is 1. The van der Waals surface area contributed by atoms with Crippen LogP contribution in [-0.2, 0) is 14.8 Å². The van der Waals surface area contributed by atoms with Crippen LogP contribution in [-0.4, -0.2) is 49.6 Å². The lowest BCUT2D eigenvalue weighted by Gasteiger charge is -2.31. The number of sulfonamides is 1. The monoisotopic (exact) mass is 433 g/mol. The molecule has 29 heavy (non-hydrogen) atoms. The highest BCUT2D eigenvalue weighted by Gasteiger charge is 2.48. The van der Waals surface area contributed by atoms with Crippen LogP contribution in [0.4, 0.5) is 19.0 Å². The van der Waals surface area contributed by atoms with Crippen LogP contribution in [0, 0.1) is 5.92 Å². The molecule has 1 N–H and O–H groups in total. The molecule has 1 fully saturated rings. The standard InChI is InChI=1S/C18H22F3N3O4S/c1-2-11-29(25,26)24-16-17(23-14-6-4-3-5-13(14)22-16)28-15(18(19,20)21)12-7-9-27-10-8-12/h3-6,12,15H,2,7-11H2,1H3,(H,22,24). The van der Waals surface area contributed by atoms with Crippen molar-refractivity contribution in [1.29, 1.82) is 0 Å². The molecule has 3 rings (SSSR count). The van der Waals surface area contributed by atoms with Crippen LogP contribution >= 0.6 is 0 Å². The predicted octanol–water partition coefficient (Wildman–Crippen LogP) is 3.52. The van der Waals surface area contributed by atoms with Gasteiger partial charge in [0.2, 0.25) is 15.8 Å². The molecule has 1 atom stereocenters. The van der Waals surface area contributed by atoms with E-state index in [-0.39, 0.29) is 37.6 Å². The van der Waals surface area contributed by atoms with Crippen molar-refractivity contribution < 1.29 is 31.1 Å². The summed E-state index contributed by atoms with van der Waals surface area (Å²) in [5.74, 6) is -1.86. The summed E-state index contributed by atoms with van der Waals surface area (Å²) in [6.07, 6.45) is -6.10. The number of alkyl halides is 3. The first-order valence-electron chi connectivity index (χ1n) is 9.28. The molecule has 1 aliphatic heterocycles. The van der Waals surface area contributed by atoms with Gasteiger partial charge < -0.3 is 9.47 Å². The van der Waals surface area contributed by atoms with E-state index < -0.39 is 34.1 Å². The van der Waals surface area contributed by atoms with Gasteiger partial charge in [0.1, 0.15) is 0 Å². The molecule has 160 valence electrons. The summed E-state index contributed by atoms with van der Waals surface area (Å²) in [6, 6.07) is 6.48. The molecule has 1 aromatic heterocycles. The molecule has 0 amide bonds. The van der Waals surface area contributed by atoms with Crippen molar-refractivity contribution in [2.75, 3.05) is 23.7 Å². The number of nitrogens with one attached hydrogen (secondary N) is 1. The molecule has 0 radical (unpaired) electrons. The van der Waals surface area contributed by atoms with E-state index in [2.05, 4.69) is 14.7 Å². The van der Waals surface area contributed by atoms with Gasteiger partial charge in [-0.3, -0.25) is 4.72 Å². The first-order valence-corrected chi connectivity index (χ1v) is 10.9. The molecule has 0 aliphatic carbocycles. The van der Waals surface area contributed by atoms with E-state index in [0.29, 0.717) is 17.5 Å². The number of aromatic nitrogens is 2.